The van der Waals surface area contributed by atoms with Gasteiger partial charge < -0.3 is 10.4 Å². The van der Waals surface area contributed by atoms with Crippen LogP contribution in [0.1, 0.15) is 12.8 Å². The fraction of sp³-hybridized carbons (Fsp3) is 0.833. The van der Waals surface area contributed by atoms with Gasteiger partial charge in [-0.1, -0.05) is 0 Å². The van der Waals surface area contributed by atoms with E-state index >= 15 is 0 Å². The van der Waals surface area contributed by atoms with Crippen LogP contribution in [0.4, 0.5) is 8.78 Å². The van der Waals surface area contributed by atoms with Crippen LogP contribution in [-0.4, -0.2) is 29.6 Å². The van der Waals surface area contributed by atoms with Crippen LogP contribution < -0.4 is 5.32 Å². The smallest absolute Gasteiger partial charge is 0.304 e. The van der Waals surface area contributed by atoms with Gasteiger partial charge in [-0.15, -0.1) is 12.4 Å². The molecular formula is C6H10ClF2NO2. The molecule has 0 spiro atoms. The van der Waals surface area contributed by atoms with Crippen molar-refractivity contribution in [3.8, 4) is 0 Å². The maximum atomic E-state index is 12.4. The van der Waals surface area contributed by atoms with Gasteiger partial charge in [0.2, 0.25) is 0 Å². The number of alkyl halides is 2. The van der Waals surface area contributed by atoms with Gasteiger partial charge in [0.05, 0.1) is 13.0 Å². The molecule has 12 heavy (non-hydrogen) atoms. The summed E-state index contributed by atoms with van der Waals surface area (Å²) < 4.78 is 24.8. The maximum absolute atomic E-state index is 12.4. The molecule has 0 bridgehead atoms. The Morgan fingerprint density at radius 1 is 1.67 bits per heavy atom. The third kappa shape index (κ3) is 3.32. The first-order chi connectivity index (χ1) is 4.99. The summed E-state index contributed by atoms with van der Waals surface area (Å²) >= 11 is 0. The fourth-order valence-corrected chi connectivity index (χ4v) is 1.15. The van der Waals surface area contributed by atoms with E-state index in [0.717, 1.165) is 0 Å². The van der Waals surface area contributed by atoms with Crippen molar-refractivity contribution in [1.29, 1.82) is 0 Å². The number of nitrogens with one attached hydrogen (secondary N) is 1. The van der Waals surface area contributed by atoms with Crippen LogP contribution in [-0.2, 0) is 4.79 Å². The Morgan fingerprint density at radius 2 is 2.25 bits per heavy atom. The second-order valence-electron chi connectivity index (χ2n) is 2.74. The van der Waals surface area contributed by atoms with Gasteiger partial charge in [-0.2, -0.15) is 0 Å². The average Bonchev–Trinajstić information content (AvgIpc) is 2.08. The summed E-state index contributed by atoms with van der Waals surface area (Å²) in [4.78, 5) is 10.1. The van der Waals surface area contributed by atoms with Crippen molar-refractivity contribution in [3.63, 3.8) is 0 Å². The minimum atomic E-state index is -2.72. The van der Waals surface area contributed by atoms with Crippen LogP contribution in [0.5, 0.6) is 0 Å². The van der Waals surface area contributed by atoms with Gasteiger partial charge in [0, 0.05) is 12.5 Å². The monoisotopic (exact) mass is 201 g/mol. The van der Waals surface area contributed by atoms with Crippen molar-refractivity contribution in [3.05, 3.63) is 0 Å². The highest BCUT2D eigenvalue weighted by molar-refractivity contribution is 5.85. The lowest BCUT2D eigenvalue weighted by Crippen LogP contribution is -2.24. The summed E-state index contributed by atoms with van der Waals surface area (Å²) in [5.41, 5.74) is 0. The number of hydrogen-bond donors (Lipinski definition) is 2. The minimum absolute atomic E-state index is 0. The number of halogens is 3. The van der Waals surface area contributed by atoms with E-state index in [-0.39, 0.29) is 25.2 Å². The van der Waals surface area contributed by atoms with Crippen LogP contribution in [0.15, 0.2) is 0 Å². The van der Waals surface area contributed by atoms with E-state index < -0.39 is 24.5 Å². The summed E-state index contributed by atoms with van der Waals surface area (Å²) in [7, 11) is 0. The van der Waals surface area contributed by atoms with Gasteiger partial charge in [-0.05, 0) is 0 Å². The molecule has 0 radical (unpaired) electrons. The van der Waals surface area contributed by atoms with E-state index in [1.54, 1.807) is 0 Å². The summed E-state index contributed by atoms with van der Waals surface area (Å²) in [6.07, 6.45) is -0.588. The summed E-state index contributed by atoms with van der Waals surface area (Å²) in [6.45, 7) is -0.398. The quantitative estimate of drug-likeness (QED) is 0.698. The number of hydrogen-bond acceptors (Lipinski definition) is 2. The lowest BCUT2D eigenvalue weighted by atomic mass is 10.1. The van der Waals surface area contributed by atoms with Crippen LogP contribution >= 0.6 is 12.4 Å². The molecule has 1 aliphatic rings. The molecule has 1 aliphatic heterocycles. The molecule has 0 amide bonds. The van der Waals surface area contributed by atoms with Crippen LogP contribution in [0.25, 0.3) is 0 Å². The third-order valence-electron chi connectivity index (χ3n) is 1.62. The Balaban J connectivity index is 0.00000121. The van der Waals surface area contributed by atoms with Gasteiger partial charge in [0.15, 0.2) is 0 Å². The van der Waals surface area contributed by atoms with Gasteiger partial charge in [-0.25, -0.2) is 8.78 Å². The molecular weight excluding hydrogens is 192 g/mol. The Morgan fingerprint density at radius 3 is 2.58 bits per heavy atom. The summed E-state index contributed by atoms with van der Waals surface area (Å²) in [5.74, 6) is -3.76. The molecule has 1 saturated heterocycles. The van der Waals surface area contributed by atoms with E-state index in [2.05, 4.69) is 5.32 Å². The predicted octanol–water partition coefficient (Wildman–Crippen LogP) is 0.880. The average molecular weight is 202 g/mol. The lowest BCUT2D eigenvalue weighted by Gasteiger charge is -2.05. The molecule has 72 valence electrons. The molecule has 6 heteroatoms. The van der Waals surface area contributed by atoms with E-state index in [9.17, 15) is 13.6 Å². The fourth-order valence-electron chi connectivity index (χ4n) is 1.15. The van der Waals surface area contributed by atoms with Crippen molar-refractivity contribution in [2.75, 3.05) is 6.54 Å². The zero-order chi connectivity index (χ0) is 8.48. The second-order valence-corrected chi connectivity index (χ2v) is 2.74. The van der Waals surface area contributed by atoms with Crippen molar-refractivity contribution in [2.45, 2.75) is 24.8 Å². The minimum Gasteiger partial charge on any atom is -0.481 e. The van der Waals surface area contributed by atoms with Crippen LogP contribution in [0, 0.1) is 0 Å². The molecule has 0 aliphatic carbocycles. The molecule has 1 unspecified atom stereocenters. The van der Waals surface area contributed by atoms with Gasteiger partial charge in [0.25, 0.3) is 5.92 Å². The SMILES string of the molecule is Cl.O=C(O)CC1CC(F)(F)CN1. The molecule has 1 rings (SSSR count). The van der Waals surface area contributed by atoms with E-state index in [1.807, 2.05) is 0 Å². The normalized spacial score (nSPS) is 26.3. The van der Waals surface area contributed by atoms with E-state index in [4.69, 9.17) is 5.11 Å². The zero-order valence-electron chi connectivity index (χ0n) is 6.22. The van der Waals surface area contributed by atoms with Crippen molar-refractivity contribution in [2.24, 2.45) is 0 Å². The molecule has 1 atom stereocenters. The lowest BCUT2D eigenvalue weighted by molar-refractivity contribution is -0.137. The first kappa shape index (κ1) is 11.6. The molecule has 0 aromatic rings. The molecule has 0 aromatic carbocycles. The second kappa shape index (κ2) is 4.00. The Kier molecular flexibility index (Phi) is 3.86. The maximum Gasteiger partial charge on any atom is 0.304 e. The molecule has 0 aromatic heterocycles. The van der Waals surface area contributed by atoms with E-state index in [1.165, 1.54) is 0 Å². The van der Waals surface area contributed by atoms with Gasteiger partial charge in [-0.3, -0.25) is 4.79 Å². The van der Waals surface area contributed by atoms with Crippen molar-refractivity contribution >= 4 is 18.4 Å². The zero-order valence-corrected chi connectivity index (χ0v) is 7.03. The number of carboxylic acids is 1. The van der Waals surface area contributed by atoms with E-state index in [0.29, 0.717) is 0 Å². The molecule has 1 fully saturated rings. The summed E-state index contributed by atoms with van der Waals surface area (Å²) in [6, 6.07) is -0.567. The number of carboxylic acid groups (broad SMARTS) is 1. The topological polar surface area (TPSA) is 49.3 Å². The van der Waals surface area contributed by atoms with Crippen LogP contribution in [0.2, 0.25) is 0 Å². The molecule has 1 heterocycles. The van der Waals surface area contributed by atoms with Gasteiger partial charge in [0.1, 0.15) is 0 Å². The largest absolute Gasteiger partial charge is 0.481 e. The van der Waals surface area contributed by atoms with Crippen molar-refractivity contribution < 1.29 is 18.7 Å². The predicted molar refractivity (Wildman–Crippen MR) is 40.9 cm³/mol. The number of carbonyl (C=O) groups is 1. The highest BCUT2D eigenvalue weighted by Gasteiger charge is 2.39. The third-order valence-corrected chi connectivity index (χ3v) is 1.62. The Labute approximate surface area is 74.5 Å². The Bertz CT molecular complexity index is 177. The highest BCUT2D eigenvalue weighted by Crippen LogP contribution is 2.26. The molecule has 0 saturated carbocycles. The number of rotatable bonds is 2. The van der Waals surface area contributed by atoms with Crippen LogP contribution in [0.3, 0.4) is 0 Å². The molecule has 2 N–H and O–H groups in total. The first-order valence-electron chi connectivity index (χ1n) is 3.33. The van der Waals surface area contributed by atoms with Gasteiger partial charge >= 0.3 is 5.97 Å². The molecule has 3 nitrogen and oxygen atoms in total. The standard InChI is InChI=1S/C6H9F2NO2.ClH/c7-6(8)2-4(9-3-6)1-5(10)11;/h4,9H,1-3H2,(H,10,11);1H. The highest BCUT2D eigenvalue weighted by atomic mass is 35.5. The summed E-state index contributed by atoms with van der Waals surface area (Å²) in [5, 5.41) is 10.7. The Hall–Kier alpha value is -0.420. The van der Waals surface area contributed by atoms with Crippen molar-refractivity contribution in [1.82, 2.24) is 5.32 Å². The number of aliphatic carboxylic acids is 1. The first-order valence-corrected chi connectivity index (χ1v) is 3.33.